The number of rotatable bonds is 5. The Morgan fingerprint density at radius 1 is 0.765 bits per heavy atom. The summed E-state index contributed by atoms with van der Waals surface area (Å²) in [6.45, 7) is 0. The first-order valence-electron chi connectivity index (χ1n) is 9.61. The zero-order valence-corrected chi connectivity index (χ0v) is 22.3. The summed E-state index contributed by atoms with van der Waals surface area (Å²) in [5, 5.41) is 2.40. The largest absolute Gasteiger partial charge is 0.493 e. The highest BCUT2D eigenvalue weighted by Gasteiger charge is 2.15. The van der Waals surface area contributed by atoms with Gasteiger partial charge in [0, 0.05) is 35.3 Å². The Labute approximate surface area is 219 Å². The summed E-state index contributed by atoms with van der Waals surface area (Å²) < 4.78 is 21.7. The molecule has 34 heavy (non-hydrogen) atoms. The van der Waals surface area contributed by atoms with Crippen molar-refractivity contribution in [1.82, 2.24) is 9.97 Å². The summed E-state index contributed by atoms with van der Waals surface area (Å²) in [4.78, 5) is 19.6. The number of methoxy groups -OCH3 is 4. The molecule has 4 rings (SSSR count). The number of pyridine rings is 2. The maximum atomic E-state index is 11.2. The van der Waals surface area contributed by atoms with Crippen LogP contribution in [-0.2, 0) is 0 Å². The van der Waals surface area contributed by atoms with Crippen molar-refractivity contribution in [2.75, 3.05) is 28.4 Å². The summed E-state index contributed by atoms with van der Waals surface area (Å²) in [6, 6.07) is 7.00. The summed E-state index contributed by atoms with van der Waals surface area (Å²) in [5.74, 6) is 1.74. The Morgan fingerprint density at radius 2 is 1.18 bits per heavy atom. The van der Waals surface area contributed by atoms with E-state index < -0.39 is 5.91 Å². The number of nitrogens with two attached hydrogens (primary N) is 1. The van der Waals surface area contributed by atoms with Gasteiger partial charge in [0.05, 0.1) is 58.7 Å². The van der Waals surface area contributed by atoms with Gasteiger partial charge in [0.1, 0.15) is 0 Å². The van der Waals surface area contributed by atoms with E-state index in [2.05, 4.69) is 32.6 Å². The molecule has 178 valence electrons. The molecule has 0 atom stereocenters. The van der Waals surface area contributed by atoms with Crippen molar-refractivity contribution in [3.8, 4) is 23.0 Å². The van der Waals surface area contributed by atoms with Crippen LogP contribution in [0.1, 0.15) is 10.4 Å². The number of nitrogens with zero attached hydrogens (tertiary/aromatic N) is 2. The van der Waals surface area contributed by atoms with Crippen molar-refractivity contribution in [2.45, 2.75) is 0 Å². The van der Waals surface area contributed by atoms with Crippen LogP contribution < -0.4 is 24.7 Å². The minimum atomic E-state index is -0.621. The van der Waals surface area contributed by atoms with Gasteiger partial charge in [-0.2, -0.15) is 0 Å². The highest BCUT2D eigenvalue weighted by molar-refractivity contribution is 14.1. The molecule has 0 saturated heterocycles. The molecular weight excluding hydrogens is 596 g/mol. The fraction of sp³-hybridized carbons (Fsp3) is 0.174. The van der Waals surface area contributed by atoms with Crippen LogP contribution in [0.15, 0.2) is 36.7 Å². The summed E-state index contributed by atoms with van der Waals surface area (Å²) >= 11 is 14.5. The van der Waals surface area contributed by atoms with E-state index in [4.69, 9.17) is 47.9 Å². The standard InChI is InChI=1S/C12H11ClN2O3.C11H9ClINO2/c1-17-9-3-6-8(4-10(9)18-2)15-5-7(11(6)13)12(14)16;1-15-9-3-6-8(4-10(9)16-2)14-5-7(13)11(6)12/h3-5H,1-2H3,(H2,14,16);3-5H,1-2H3. The number of aromatic nitrogens is 2. The molecular formula is C23H20Cl2IN3O5. The van der Waals surface area contributed by atoms with Crippen LogP contribution in [0.3, 0.4) is 0 Å². The first kappa shape index (κ1) is 25.9. The normalized spacial score (nSPS) is 10.4. The molecule has 2 aromatic carbocycles. The molecule has 0 fully saturated rings. The smallest absolute Gasteiger partial charge is 0.251 e. The number of hydrogen-bond acceptors (Lipinski definition) is 7. The van der Waals surface area contributed by atoms with E-state index in [-0.39, 0.29) is 10.6 Å². The van der Waals surface area contributed by atoms with Gasteiger partial charge in [0.15, 0.2) is 23.0 Å². The van der Waals surface area contributed by atoms with Gasteiger partial charge >= 0.3 is 0 Å². The first-order chi connectivity index (χ1) is 16.2. The highest BCUT2D eigenvalue weighted by atomic mass is 127. The predicted molar refractivity (Wildman–Crippen MR) is 141 cm³/mol. The fourth-order valence-electron chi connectivity index (χ4n) is 3.12. The third kappa shape index (κ3) is 5.16. The van der Waals surface area contributed by atoms with E-state index in [1.807, 2.05) is 12.1 Å². The van der Waals surface area contributed by atoms with E-state index >= 15 is 0 Å². The van der Waals surface area contributed by atoms with Crippen molar-refractivity contribution < 1.29 is 23.7 Å². The Kier molecular flexibility index (Phi) is 8.45. The average Bonchev–Trinajstić information content (AvgIpc) is 2.85. The molecule has 2 aromatic heterocycles. The predicted octanol–water partition coefficient (Wildman–Crippen LogP) is 5.51. The number of fused-ring (bicyclic) bond motifs is 2. The number of amides is 1. The number of primary amides is 1. The molecule has 1 amide bonds. The zero-order chi connectivity index (χ0) is 25.0. The molecule has 0 saturated carbocycles. The number of ether oxygens (including phenoxy) is 4. The van der Waals surface area contributed by atoms with E-state index in [9.17, 15) is 4.79 Å². The Morgan fingerprint density at radius 3 is 1.62 bits per heavy atom. The molecule has 4 aromatic rings. The molecule has 0 radical (unpaired) electrons. The number of carbonyl (C=O) groups excluding carboxylic acids is 1. The van der Waals surface area contributed by atoms with Crippen LogP contribution in [0.2, 0.25) is 10.0 Å². The number of hydrogen-bond donors (Lipinski definition) is 1. The van der Waals surface area contributed by atoms with E-state index in [0.29, 0.717) is 38.9 Å². The van der Waals surface area contributed by atoms with Gasteiger partial charge in [0.2, 0.25) is 0 Å². The Bertz CT molecular complexity index is 1380. The van der Waals surface area contributed by atoms with Gasteiger partial charge in [-0.15, -0.1) is 0 Å². The summed E-state index contributed by atoms with van der Waals surface area (Å²) in [5.41, 5.74) is 6.78. The Hall–Kier alpha value is -2.76. The van der Waals surface area contributed by atoms with Gasteiger partial charge in [0.25, 0.3) is 5.91 Å². The fourth-order valence-corrected chi connectivity index (χ4v) is 4.04. The number of benzene rings is 2. The van der Waals surface area contributed by atoms with Crippen LogP contribution in [0, 0.1) is 3.57 Å². The van der Waals surface area contributed by atoms with Crippen molar-refractivity contribution >= 4 is 73.5 Å². The molecule has 0 aliphatic rings. The lowest BCUT2D eigenvalue weighted by Gasteiger charge is -2.10. The third-order valence-corrected chi connectivity index (χ3v) is 6.79. The summed E-state index contributed by atoms with van der Waals surface area (Å²) in [7, 11) is 6.24. The molecule has 2 heterocycles. The summed E-state index contributed by atoms with van der Waals surface area (Å²) in [6.07, 6.45) is 3.08. The lowest BCUT2D eigenvalue weighted by molar-refractivity contribution is 0.1000. The van der Waals surface area contributed by atoms with Gasteiger partial charge in [-0.05, 0) is 34.7 Å². The van der Waals surface area contributed by atoms with Crippen LogP contribution in [-0.4, -0.2) is 44.3 Å². The molecule has 0 unspecified atom stereocenters. The van der Waals surface area contributed by atoms with Crippen LogP contribution in [0.25, 0.3) is 21.8 Å². The first-order valence-corrected chi connectivity index (χ1v) is 11.4. The quantitative estimate of drug-likeness (QED) is 0.295. The SMILES string of the molecule is COc1cc2ncc(C(N)=O)c(Cl)c2cc1OC.COc1cc2ncc(I)c(Cl)c2cc1OC. The van der Waals surface area contributed by atoms with Crippen LogP contribution >= 0.6 is 45.8 Å². The lowest BCUT2D eigenvalue weighted by Crippen LogP contribution is -2.12. The van der Waals surface area contributed by atoms with Crippen LogP contribution in [0.5, 0.6) is 23.0 Å². The molecule has 2 N–H and O–H groups in total. The third-order valence-electron chi connectivity index (χ3n) is 4.84. The molecule has 8 nitrogen and oxygen atoms in total. The van der Waals surface area contributed by atoms with E-state index in [1.54, 1.807) is 32.5 Å². The van der Waals surface area contributed by atoms with Gasteiger partial charge in [-0.25, -0.2) is 0 Å². The molecule has 0 aliphatic heterocycles. The second-order valence-corrected chi connectivity index (χ2v) is 8.64. The topological polar surface area (TPSA) is 106 Å². The maximum Gasteiger partial charge on any atom is 0.251 e. The number of halogens is 3. The highest BCUT2D eigenvalue weighted by Crippen LogP contribution is 2.36. The zero-order valence-electron chi connectivity index (χ0n) is 18.6. The lowest BCUT2D eigenvalue weighted by atomic mass is 10.1. The van der Waals surface area contributed by atoms with Crippen LogP contribution in [0.4, 0.5) is 0 Å². The minimum Gasteiger partial charge on any atom is -0.493 e. The van der Waals surface area contributed by atoms with Gasteiger partial charge in [-0.1, -0.05) is 23.2 Å². The van der Waals surface area contributed by atoms with Crippen molar-refractivity contribution in [1.29, 1.82) is 0 Å². The molecule has 0 aliphatic carbocycles. The molecule has 0 bridgehead atoms. The molecule has 11 heteroatoms. The van der Waals surface area contributed by atoms with Crippen molar-refractivity contribution in [3.63, 3.8) is 0 Å². The minimum absolute atomic E-state index is 0.177. The second kappa shape index (κ2) is 11.1. The van der Waals surface area contributed by atoms with Gasteiger partial charge in [-0.3, -0.25) is 14.8 Å². The average molecular weight is 616 g/mol. The molecule has 0 spiro atoms. The second-order valence-electron chi connectivity index (χ2n) is 6.72. The Balaban J connectivity index is 0.000000192. The van der Waals surface area contributed by atoms with Gasteiger partial charge < -0.3 is 24.7 Å². The van der Waals surface area contributed by atoms with E-state index in [1.165, 1.54) is 20.4 Å². The van der Waals surface area contributed by atoms with E-state index in [0.717, 1.165) is 14.5 Å². The monoisotopic (exact) mass is 615 g/mol. The number of carbonyl (C=O) groups is 1. The maximum absolute atomic E-state index is 11.2. The van der Waals surface area contributed by atoms with Crippen molar-refractivity contribution in [3.05, 3.63) is 55.8 Å². The van der Waals surface area contributed by atoms with Crippen molar-refractivity contribution in [2.24, 2.45) is 5.73 Å².